The summed E-state index contributed by atoms with van der Waals surface area (Å²) in [6.07, 6.45) is 0. The van der Waals surface area contributed by atoms with Crippen LogP contribution in [0.1, 0.15) is 27.7 Å². The molecule has 1 aromatic rings. The van der Waals surface area contributed by atoms with Crippen LogP contribution in [0, 0.1) is 0 Å². The van der Waals surface area contributed by atoms with Crippen LogP contribution in [0.15, 0.2) is 18.2 Å². The Balaban J connectivity index is 2.29. The molecule has 1 heterocycles. The largest absolute Gasteiger partial charge is 0.543 e. The Bertz CT molecular complexity index is 524. The maximum absolute atomic E-state index is 6.07. The van der Waals surface area contributed by atoms with E-state index in [1.807, 2.05) is 45.9 Å². The Hall–Kier alpha value is -0.978. The minimum absolute atomic E-state index is 0.348. The van der Waals surface area contributed by atoms with Crippen LogP contribution in [0.25, 0.3) is 0 Å². The van der Waals surface area contributed by atoms with Crippen molar-refractivity contribution in [2.24, 2.45) is 0 Å². The van der Waals surface area contributed by atoms with Crippen molar-refractivity contribution in [2.75, 3.05) is 5.73 Å². The minimum atomic E-state index is -1.71. The van der Waals surface area contributed by atoms with E-state index < -0.39 is 8.32 Å². The molecule has 1 aromatic carbocycles. The summed E-state index contributed by atoms with van der Waals surface area (Å²) < 4.78 is 18.2. The maximum atomic E-state index is 6.07. The molecule has 1 aliphatic rings. The predicted octanol–water partition coefficient (Wildman–Crippen LogP) is 2.78. The van der Waals surface area contributed by atoms with Gasteiger partial charge in [-0.05, 0) is 64.9 Å². The molecule has 116 valence electrons. The van der Waals surface area contributed by atoms with Crippen LogP contribution in [0.2, 0.25) is 19.6 Å². The highest BCUT2D eigenvalue weighted by Gasteiger charge is 2.51. The highest BCUT2D eigenvalue weighted by Crippen LogP contribution is 2.37. The van der Waals surface area contributed by atoms with Gasteiger partial charge in [0.15, 0.2) is 0 Å². The Morgan fingerprint density at radius 1 is 1.05 bits per heavy atom. The molecule has 0 aliphatic carbocycles. The zero-order valence-corrected chi connectivity index (χ0v) is 15.1. The molecule has 0 amide bonds. The van der Waals surface area contributed by atoms with Gasteiger partial charge >= 0.3 is 7.12 Å². The highest BCUT2D eigenvalue weighted by molar-refractivity contribution is 6.70. The van der Waals surface area contributed by atoms with Gasteiger partial charge in [-0.25, -0.2) is 0 Å². The smallest absolute Gasteiger partial charge is 0.494 e. The lowest BCUT2D eigenvalue weighted by molar-refractivity contribution is 0.00578. The molecule has 0 bridgehead atoms. The average molecular weight is 307 g/mol. The first-order valence-corrected chi connectivity index (χ1v) is 10.8. The summed E-state index contributed by atoms with van der Waals surface area (Å²) in [6, 6.07) is 5.74. The summed E-state index contributed by atoms with van der Waals surface area (Å²) in [5, 5.41) is 0. The monoisotopic (exact) mass is 307 g/mol. The predicted molar refractivity (Wildman–Crippen MR) is 90.5 cm³/mol. The molecule has 1 saturated heterocycles. The van der Waals surface area contributed by atoms with E-state index in [2.05, 4.69) is 19.6 Å². The van der Waals surface area contributed by atoms with Gasteiger partial charge in [-0.3, -0.25) is 0 Å². The van der Waals surface area contributed by atoms with Crippen molar-refractivity contribution in [3.63, 3.8) is 0 Å². The minimum Gasteiger partial charge on any atom is -0.543 e. The molecule has 0 saturated carbocycles. The first-order valence-electron chi connectivity index (χ1n) is 7.35. The summed E-state index contributed by atoms with van der Waals surface area (Å²) in [5.41, 5.74) is 6.91. The number of benzene rings is 1. The summed E-state index contributed by atoms with van der Waals surface area (Å²) in [5.74, 6) is 0.723. The van der Waals surface area contributed by atoms with Crippen molar-refractivity contribution in [3.8, 4) is 5.75 Å². The second kappa shape index (κ2) is 5.04. The molecule has 2 rings (SSSR count). The summed E-state index contributed by atoms with van der Waals surface area (Å²) in [4.78, 5) is 0. The van der Waals surface area contributed by atoms with Gasteiger partial charge in [0, 0.05) is 0 Å². The third kappa shape index (κ3) is 3.44. The summed E-state index contributed by atoms with van der Waals surface area (Å²) in [7, 11) is -2.10. The SMILES string of the molecule is CC1(C)OB(c2ccc(N)c(O[Si](C)(C)C)c2)OC1(C)C. The molecule has 6 heteroatoms. The standard InChI is InChI=1S/C15H26BNO3Si/c1-14(2)15(3,4)20-16(19-14)11-8-9-12(17)13(10-11)18-21(5,6)7/h8-10H,17H2,1-7H3. The van der Waals surface area contributed by atoms with Crippen molar-refractivity contribution in [2.45, 2.75) is 58.5 Å². The van der Waals surface area contributed by atoms with Gasteiger partial charge in [0.05, 0.1) is 16.9 Å². The molecule has 0 unspecified atom stereocenters. The molecule has 1 fully saturated rings. The maximum Gasteiger partial charge on any atom is 0.494 e. The lowest BCUT2D eigenvalue weighted by Crippen LogP contribution is -2.41. The molecule has 0 atom stereocenters. The van der Waals surface area contributed by atoms with Crippen LogP contribution in [0.4, 0.5) is 5.69 Å². The van der Waals surface area contributed by atoms with Gasteiger partial charge in [0.25, 0.3) is 0 Å². The van der Waals surface area contributed by atoms with Gasteiger partial charge in [0.2, 0.25) is 8.32 Å². The number of hydrogen-bond acceptors (Lipinski definition) is 4. The van der Waals surface area contributed by atoms with E-state index in [4.69, 9.17) is 19.5 Å². The van der Waals surface area contributed by atoms with Crippen LogP contribution >= 0.6 is 0 Å². The number of hydrogen-bond donors (Lipinski definition) is 1. The first kappa shape index (κ1) is 16.4. The number of nitrogens with two attached hydrogens (primary N) is 1. The molecule has 1 aliphatic heterocycles. The zero-order valence-electron chi connectivity index (χ0n) is 14.1. The van der Waals surface area contributed by atoms with E-state index in [1.165, 1.54) is 0 Å². The van der Waals surface area contributed by atoms with Crippen molar-refractivity contribution in [1.29, 1.82) is 0 Å². The Labute approximate surface area is 129 Å². The van der Waals surface area contributed by atoms with Crippen LogP contribution in [-0.2, 0) is 9.31 Å². The Morgan fingerprint density at radius 3 is 2.05 bits per heavy atom. The van der Waals surface area contributed by atoms with E-state index in [0.29, 0.717) is 5.69 Å². The van der Waals surface area contributed by atoms with Gasteiger partial charge in [-0.1, -0.05) is 6.07 Å². The van der Waals surface area contributed by atoms with E-state index >= 15 is 0 Å². The zero-order chi connectivity index (χ0) is 16.1. The quantitative estimate of drug-likeness (QED) is 0.689. The highest BCUT2D eigenvalue weighted by atomic mass is 28.4. The Morgan fingerprint density at radius 2 is 1.57 bits per heavy atom. The Kier molecular flexibility index (Phi) is 3.93. The fourth-order valence-corrected chi connectivity index (χ4v) is 2.93. The van der Waals surface area contributed by atoms with Crippen LogP contribution in [-0.4, -0.2) is 26.6 Å². The van der Waals surface area contributed by atoms with Crippen molar-refractivity contribution in [1.82, 2.24) is 0 Å². The molecular weight excluding hydrogens is 281 g/mol. The second-order valence-electron chi connectivity index (χ2n) is 7.60. The normalized spacial score (nSPS) is 20.6. The summed E-state index contributed by atoms with van der Waals surface area (Å²) >= 11 is 0. The van der Waals surface area contributed by atoms with E-state index in [9.17, 15) is 0 Å². The average Bonchev–Trinajstić information content (AvgIpc) is 2.49. The van der Waals surface area contributed by atoms with Crippen molar-refractivity contribution < 1.29 is 13.7 Å². The molecule has 0 spiro atoms. The molecule has 21 heavy (non-hydrogen) atoms. The van der Waals surface area contributed by atoms with Crippen LogP contribution < -0.4 is 15.6 Å². The van der Waals surface area contributed by atoms with Gasteiger partial charge in [0.1, 0.15) is 5.75 Å². The first-order chi connectivity index (χ1) is 9.41. The molecule has 4 nitrogen and oxygen atoms in total. The molecular formula is C15H26BNO3Si. The lowest BCUT2D eigenvalue weighted by atomic mass is 9.79. The lowest BCUT2D eigenvalue weighted by Gasteiger charge is -2.32. The van der Waals surface area contributed by atoms with Crippen molar-refractivity contribution in [3.05, 3.63) is 18.2 Å². The third-order valence-electron chi connectivity index (χ3n) is 3.98. The van der Waals surface area contributed by atoms with Crippen LogP contribution in [0.3, 0.4) is 0 Å². The van der Waals surface area contributed by atoms with E-state index in [0.717, 1.165) is 11.2 Å². The molecule has 0 aromatic heterocycles. The van der Waals surface area contributed by atoms with Gasteiger partial charge in [-0.2, -0.15) is 0 Å². The van der Waals surface area contributed by atoms with Crippen molar-refractivity contribution >= 4 is 26.6 Å². The molecule has 0 radical (unpaired) electrons. The summed E-state index contributed by atoms with van der Waals surface area (Å²) in [6.45, 7) is 14.6. The number of anilines is 1. The third-order valence-corrected chi connectivity index (χ3v) is 4.81. The topological polar surface area (TPSA) is 53.7 Å². The number of rotatable bonds is 3. The van der Waals surface area contributed by atoms with Crippen LogP contribution in [0.5, 0.6) is 5.75 Å². The van der Waals surface area contributed by atoms with Gasteiger partial charge in [-0.15, -0.1) is 0 Å². The number of nitrogen functional groups attached to an aromatic ring is 1. The molecule has 2 N–H and O–H groups in total. The van der Waals surface area contributed by atoms with E-state index in [1.54, 1.807) is 0 Å². The second-order valence-corrected chi connectivity index (χ2v) is 12.0. The van der Waals surface area contributed by atoms with Gasteiger partial charge < -0.3 is 19.5 Å². The fourth-order valence-electron chi connectivity index (χ4n) is 2.09. The van der Waals surface area contributed by atoms with E-state index in [-0.39, 0.29) is 18.3 Å². The fraction of sp³-hybridized carbons (Fsp3) is 0.600.